The Kier molecular flexibility index (Phi) is 2.43. The Balaban J connectivity index is 1.84. The molecule has 0 heterocycles. The van der Waals surface area contributed by atoms with Gasteiger partial charge in [-0.1, -0.05) is 19.1 Å². The van der Waals surface area contributed by atoms with E-state index in [0.29, 0.717) is 6.04 Å². The molecule has 0 saturated heterocycles. The molecular weight excluding hydrogens is 160 g/mol. The summed E-state index contributed by atoms with van der Waals surface area (Å²) in [6.07, 6.45) is 9.44. The van der Waals surface area contributed by atoms with E-state index in [4.69, 9.17) is 5.73 Å². The molecule has 0 aromatic rings. The highest BCUT2D eigenvalue weighted by Gasteiger charge is 2.41. The summed E-state index contributed by atoms with van der Waals surface area (Å²) in [6, 6.07) is 0.663. The van der Waals surface area contributed by atoms with Crippen LogP contribution in [0.4, 0.5) is 0 Å². The highest BCUT2D eigenvalue weighted by molar-refractivity contribution is 5.06. The van der Waals surface area contributed by atoms with Gasteiger partial charge in [-0.2, -0.15) is 0 Å². The van der Waals surface area contributed by atoms with Crippen LogP contribution in [-0.2, 0) is 0 Å². The van der Waals surface area contributed by atoms with E-state index in [9.17, 15) is 0 Å². The Hall–Kier alpha value is -0.340. The third-order valence-corrected chi connectivity index (χ3v) is 3.39. The van der Waals surface area contributed by atoms with Gasteiger partial charge < -0.3 is 11.1 Å². The van der Waals surface area contributed by atoms with Crippen molar-refractivity contribution in [2.24, 2.45) is 11.7 Å². The van der Waals surface area contributed by atoms with Gasteiger partial charge in [0.2, 0.25) is 0 Å². The first-order valence-corrected chi connectivity index (χ1v) is 5.37. The summed E-state index contributed by atoms with van der Waals surface area (Å²) >= 11 is 0. The molecule has 0 spiro atoms. The van der Waals surface area contributed by atoms with E-state index in [1.54, 1.807) is 0 Å². The highest BCUT2D eigenvalue weighted by Crippen LogP contribution is 2.37. The average molecular weight is 180 g/mol. The summed E-state index contributed by atoms with van der Waals surface area (Å²) in [5.74, 6) is 0.866. The van der Waals surface area contributed by atoms with Crippen molar-refractivity contribution >= 4 is 0 Å². The maximum atomic E-state index is 5.83. The second kappa shape index (κ2) is 3.43. The van der Waals surface area contributed by atoms with Crippen molar-refractivity contribution in [2.45, 2.75) is 44.2 Å². The van der Waals surface area contributed by atoms with Gasteiger partial charge >= 0.3 is 0 Å². The zero-order chi connectivity index (χ0) is 9.31. The molecule has 0 aliphatic heterocycles. The van der Waals surface area contributed by atoms with Gasteiger partial charge in [-0.25, -0.2) is 0 Å². The van der Waals surface area contributed by atoms with Crippen molar-refractivity contribution < 1.29 is 0 Å². The van der Waals surface area contributed by atoms with E-state index in [1.165, 1.54) is 25.7 Å². The van der Waals surface area contributed by atoms with Crippen LogP contribution in [0.25, 0.3) is 0 Å². The van der Waals surface area contributed by atoms with Crippen molar-refractivity contribution in [3.63, 3.8) is 0 Å². The standard InChI is InChI=1S/C11H20N2/c1-9-6-11(7-9,8-12)13-10-4-2-3-5-10/h2-3,9-10,13H,4-8,12H2,1H3. The minimum atomic E-state index is 0.288. The molecule has 3 N–H and O–H groups in total. The lowest BCUT2D eigenvalue weighted by Crippen LogP contribution is -2.61. The van der Waals surface area contributed by atoms with E-state index in [0.717, 1.165) is 12.5 Å². The third kappa shape index (κ3) is 1.79. The Labute approximate surface area is 80.6 Å². The maximum Gasteiger partial charge on any atom is 0.0311 e. The maximum absolute atomic E-state index is 5.83. The molecule has 2 aliphatic rings. The first-order chi connectivity index (χ1) is 6.24. The molecule has 2 rings (SSSR count). The van der Waals surface area contributed by atoms with Crippen LogP contribution in [0.3, 0.4) is 0 Å². The molecule has 1 saturated carbocycles. The molecule has 13 heavy (non-hydrogen) atoms. The van der Waals surface area contributed by atoms with Crippen molar-refractivity contribution in [2.75, 3.05) is 6.54 Å². The first-order valence-electron chi connectivity index (χ1n) is 5.37. The van der Waals surface area contributed by atoms with Gasteiger partial charge in [0, 0.05) is 18.1 Å². The molecule has 0 unspecified atom stereocenters. The fourth-order valence-electron chi connectivity index (χ4n) is 2.79. The van der Waals surface area contributed by atoms with Gasteiger partial charge in [-0.3, -0.25) is 0 Å². The van der Waals surface area contributed by atoms with E-state index in [-0.39, 0.29) is 5.54 Å². The summed E-state index contributed by atoms with van der Waals surface area (Å²) in [5, 5.41) is 3.72. The van der Waals surface area contributed by atoms with Crippen LogP contribution in [0.5, 0.6) is 0 Å². The number of nitrogens with one attached hydrogen (secondary N) is 1. The highest BCUT2D eigenvalue weighted by atomic mass is 15.0. The van der Waals surface area contributed by atoms with Gasteiger partial charge in [0.25, 0.3) is 0 Å². The van der Waals surface area contributed by atoms with Crippen LogP contribution in [0, 0.1) is 5.92 Å². The minimum absolute atomic E-state index is 0.288. The zero-order valence-electron chi connectivity index (χ0n) is 8.42. The molecule has 0 bridgehead atoms. The molecule has 1 fully saturated rings. The first kappa shape index (κ1) is 9.22. The lowest BCUT2D eigenvalue weighted by Gasteiger charge is -2.48. The number of rotatable bonds is 3. The number of hydrogen-bond donors (Lipinski definition) is 2. The molecule has 0 aromatic carbocycles. The van der Waals surface area contributed by atoms with E-state index in [2.05, 4.69) is 24.4 Å². The van der Waals surface area contributed by atoms with Crippen molar-refractivity contribution in [3.8, 4) is 0 Å². The fourth-order valence-corrected chi connectivity index (χ4v) is 2.79. The Morgan fingerprint density at radius 1 is 1.38 bits per heavy atom. The largest absolute Gasteiger partial charge is 0.329 e. The van der Waals surface area contributed by atoms with Crippen molar-refractivity contribution in [1.29, 1.82) is 0 Å². The summed E-state index contributed by atoms with van der Waals surface area (Å²) in [7, 11) is 0. The lowest BCUT2D eigenvalue weighted by atomic mass is 9.69. The van der Waals surface area contributed by atoms with Crippen molar-refractivity contribution in [3.05, 3.63) is 12.2 Å². The Bertz CT molecular complexity index is 196. The van der Waals surface area contributed by atoms with Crippen molar-refractivity contribution in [1.82, 2.24) is 5.32 Å². The topological polar surface area (TPSA) is 38.0 Å². The molecule has 0 aromatic heterocycles. The lowest BCUT2D eigenvalue weighted by molar-refractivity contribution is 0.110. The number of nitrogens with two attached hydrogens (primary N) is 1. The molecular formula is C11H20N2. The van der Waals surface area contributed by atoms with Gasteiger partial charge in [-0.15, -0.1) is 0 Å². The van der Waals surface area contributed by atoms with Gasteiger partial charge in [0.05, 0.1) is 0 Å². The fraction of sp³-hybridized carbons (Fsp3) is 0.818. The Morgan fingerprint density at radius 3 is 2.46 bits per heavy atom. The summed E-state index contributed by atoms with van der Waals surface area (Å²) in [6.45, 7) is 3.11. The summed E-state index contributed by atoms with van der Waals surface area (Å²) in [5.41, 5.74) is 6.11. The van der Waals surface area contributed by atoms with Crippen LogP contribution in [0.2, 0.25) is 0 Å². The molecule has 74 valence electrons. The molecule has 2 heteroatoms. The quantitative estimate of drug-likeness (QED) is 0.645. The predicted octanol–water partition coefficient (Wildman–Crippen LogP) is 1.42. The average Bonchev–Trinajstić information content (AvgIpc) is 2.53. The third-order valence-electron chi connectivity index (χ3n) is 3.39. The summed E-state index contributed by atoms with van der Waals surface area (Å²) < 4.78 is 0. The second-order valence-corrected chi connectivity index (χ2v) is 4.78. The van der Waals surface area contributed by atoms with Crippen LogP contribution < -0.4 is 11.1 Å². The smallest absolute Gasteiger partial charge is 0.0311 e. The van der Waals surface area contributed by atoms with Gasteiger partial charge in [0.15, 0.2) is 0 Å². The molecule has 0 radical (unpaired) electrons. The van der Waals surface area contributed by atoms with Crippen LogP contribution >= 0.6 is 0 Å². The second-order valence-electron chi connectivity index (χ2n) is 4.78. The normalized spacial score (nSPS) is 39.4. The molecule has 2 aliphatic carbocycles. The van der Waals surface area contributed by atoms with Gasteiger partial charge in [-0.05, 0) is 31.6 Å². The van der Waals surface area contributed by atoms with Gasteiger partial charge in [0.1, 0.15) is 0 Å². The SMILES string of the molecule is CC1CC(CN)(NC2CC=CC2)C1. The number of hydrogen-bond acceptors (Lipinski definition) is 2. The van der Waals surface area contributed by atoms with Crippen LogP contribution in [0.1, 0.15) is 32.6 Å². The van der Waals surface area contributed by atoms with E-state index in [1.807, 2.05) is 0 Å². The van der Waals surface area contributed by atoms with E-state index < -0.39 is 0 Å². The monoisotopic (exact) mass is 180 g/mol. The molecule has 0 atom stereocenters. The zero-order valence-corrected chi connectivity index (χ0v) is 8.42. The van der Waals surface area contributed by atoms with Crippen LogP contribution in [0.15, 0.2) is 12.2 Å². The molecule has 2 nitrogen and oxygen atoms in total. The predicted molar refractivity (Wildman–Crippen MR) is 55.5 cm³/mol. The molecule has 0 amide bonds. The minimum Gasteiger partial charge on any atom is -0.329 e. The summed E-state index contributed by atoms with van der Waals surface area (Å²) in [4.78, 5) is 0. The van der Waals surface area contributed by atoms with Crippen LogP contribution in [-0.4, -0.2) is 18.1 Å². The Morgan fingerprint density at radius 2 is 2.00 bits per heavy atom. The van der Waals surface area contributed by atoms with E-state index >= 15 is 0 Å².